The third-order valence-corrected chi connectivity index (χ3v) is 5.02. The fourth-order valence-electron chi connectivity index (χ4n) is 3.19. The molecule has 0 bridgehead atoms. The van der Waals surface area contributed by atoms with Crippen LogP contribution >= 0.6 is 0 Å². The summed E-state index contributed by atoms with van der Waals surface area (Å²) in [6.07, 6.45) is 8.57. The lowest BCUT2D eigenvalue weighted by Gasteiger charge is -2.34. The summed E-state index contributed by atoms with van der Waals surface area (Å²) in [5.41, 5.74) is 1.72. The average molecular weight is 386 g/mol. The zero-order chi connectivity index (χ0) is 19.0. The van der Waals surface area contributed by atoms with E-state index in [1.54, 1.807) is 31.0 Å². The second kappa shape index (κ2) is 6.90. The number of rotatable bonds is 3. The monoisotopic (exact) mass is 386 g/mol. The summed E-state index contributed by atoms with van der Waals surface area (Å²) in [5, 5.41) is 0.983. The second-order valence-corrected chi connectivity index (χ2v) is 9.47. The molecule has 1 fully saturated rings. The zero-order valence-corrected chi connectivity index (χ0v) is 16.4. The molecule has 1 saturated heterocycles. The Bertz CT molecular complexity index is 1090. The number of hydrogen-bond acceptors (Lipinski definition) is 7. The Labute approximate surface area is 158 Å². The van der Waals surface area contributed by atoms with Gasteiger partial charge in [0.1, 0.15) is 5.82 Å². The van der Waals surface area contributed by atoms with Crippen molar-refractivity contribution in [3.63, 3.8) is 0 Å². The van der Waals surface area contributed by atoms with Gasteiger partial charge in [-0.15, -0.1) is 0 Å². The van der Waals surface area contributed by atoms with Crippen molar-refractivity contribution in [2.24, 2.45) is 4.36 Å². The first-order valence-electron chi connectivity index (χ1n) is 8.73. The molecule has 0 aromatic carbocycles. The maximum Gasteiger partial charge on any atom is 0.167 e. The molecule has 27 heavy (non-hydrogen) atoms. The van der Waals surface area contributed by atoms with Crippen molar-refractivity contribution in [1.82, 2.24) is 19.9 Å². The molecule has 1 N–H and O–H groups in total. The fraction of sp³-hybridized carbons (Fsp3) is 0.389. The van der Waals surface area contributed by atoms with E-state index in [4.69, 9.17) is 9.72 Å². The number of hydrogen-bond donors (Lipinski definition) is 1. The van der Waals surface area contributed by atoms with E-state index >= 15 is 0 Å². The second-order valence-electron chi connectivity index (χ2n) is 6.92. The van der Waals surface area contributed by atoms with Gasteiger partial charge >= 0.3 is 0 Å². The normalized spacial score (nSPS) is 18.0. The molecule has 142 valence electrons. The number of pyridine rings is 1. The largest absolute Gasteiger partial charge is 0.377 e. The minimum Gasteiger partial charge on any atom is -0.377 e. The Morgan fingerprint density at radius 1 is 1.33 bits per heavy atom. The number of nitrogens with zero attached hydrogens (tertiary/aromatic N) is 5. The summed E-state index contributed by atoms with van der Waals surface area (Å²) >= 11 is 0. The van der Waals surface area contributed by atoms with Crippen LogP contribution in [0.25, 0.3) is 22.3 Å². The summed E-state index contributed by atoms with van der Waals surface area (Å²) < 4.78 is 22.1. The molecule has 0 saturated carbocycles. The van der Waals surface area contributed by atoms with Crippen molar-refractivity contribution in [3.05, 3.63) is 30.7 Å². The lowest BCUT2D eigenvalue weighted by atomic mass is 10.1. The lowest BCUT2D eigenvalue weighted by Crippen LogP contribution is -2.44. The average Bonchev–Trinajstić information content (AvgIpc) is 3.09. The summed E-state index contributed by atoms with van der Waals surface area (Å²) in [5.74, 6) is 1.69. The van der Waals surface area contributed by atoms with E-state index in [0.29, 0.717) is 24.9 Å². The summed E-state index contributed by atoms with van der Waals surface area (Å²) in [6, 6.07) is 3.95. The predicted octanol–water partition coefficient (Wildman–Crippen LogP) is 2.60. The minimum atomic E-state index is -2.35. The van der Waals surface area contributed by atoms with Crippen LogP contribution in [0, 0.1) is 0 Å². The van der Waals surface area contributed by atoms with Gasteiger partial charge in [-0.1, -0.05) is 0 Å². The number of aromatic amines is 1. The molecule has 0 aliphatic carbocycles. The minimum absolute atomic E-state index is 0.183. The SMILES string of the molecule is C[C@@H]1COCCN1c1cc(N=S(C)(C)=O)nc(-c2cncc3[nH]ccc23)n1. The highest BCUT2D eigenvalue weighted by Crippen LogP contribution is 2.30. The number of morpholine rings is 1. The van der Waals surface area contributed by atoms with E-state index in [1.807, 2.05) is 12.3 Å². The third-order valence-electron chi connectivity index (χ3n) is 4.39. The van der Waals surface area contributed by atoms with Crippen LogP contribution in [0.3, 0.4) is 0 Å². The quantitative estimate of drug-likeness (QED) is 0.743. The fourth-order valence-corrected chi connectivity index (χ4v) is 3.73. The number of ether oxygens (including phenoxy) is 1. The highest BCUT2D eigenvalue weighted by Gasteiger charge is 2.22. The van der Waals surface area contributed by atoms with E-state index in [-0.39, 0.29) is 6.04 Å². The van der Waals surface area contributed by atoms with Crippen LogP contribution in [-0.4, -0.2) is 62.5 Å². The molecular weight excluding hydrogens is 364 g/mol. The van der Waals surface area contributed by atoms with Crippen molar-refractivity contribution < 1.29 is 8.95 Å². The van der Waals surface area contributed by atoms with Crippen molar-refractivity contribution in [1.29, 1.82) is 0 Å². The maximum absolute atomic E-state index is 12.2. The molecule has 4 heterocycles. The molecule has 0 radical (unpaired) electrons. The van der Waals surface area contributed by atoms with Crippen LogP contribution < -0.4 is 4.90 Å². The van der Waals surface area contributed by atoms with E-state index in [0.717, 1.165) is 28.8 Å². The van der Waals surface area contributed by atoms with Gasteiger partial charge in [-0.05, 0) is 13.0 Å². The van der Waals surface area contributed by atoms with Gasteiger partial charge < -0.3 is 14.6 Å². The Morgan fingerprint density at radius 3 is 2.96 bits per heavy atom. The van der Waals surface area contributed by atoms with Gasteiger partial charge in [0.15, 0.2) is 11.6 Å². The molecule has 1 aliphatic rings. The van der Waals surface area contributed by atoms with Crippen molar-refractivity contribution in [3.8, 4) is 11.4 Å². The molecule has 3 aromatic heterocycles. The first kappa shape index (κ1) is 17.9. The summed E-state index contributed by atoms with van der Waals surface area (Å²) in [7, 11) is -2.35. The van der Waals surface area contributed by atoms with Crippen molar-refractivity contribution in [2.75, 3.05) is 37.2 Å². The maximum atomic E-state index is 12.2. The Kier molecular flexibility index (Phi) is 4.56. The third kappa shape index (κ3) is 3.79. The van der Waals surface area contributed by atoms with Crippen LogP contribution in [0.4, 0.5) is 11.6 Å². The molecular formula is C18H22N6O2S. The molecule has 0 amide bonds. The number of aromatic nitrogens is 4. The molecule has 9 heteroatoms. The smallest absolute Gasteiger partial charge is 0.167 e. The standard InChI is InChI=1S/C18H22N6O2S/c1-12-11-26-7-6-24(12)17-8-16(23-27(2,3)25)21-18(22-17)14-9-19-10-15-13(14)4-5-20-15/h4-5,8-10,12,20H,6-7,11H2,1-3H3/t12-/m1/s1. The lowest BCUT2D eigenvalue weighted by molar-refractivity contribution is 0.0985. The van der Waals surface area contributed by atoms with Gasteiger partial charge in [0, 0.05) is 58.2 Å². The number of anilines is 1. The van der Waals surface area contributed by atoms with Crippen molar-refractivity contribution >= 4 is 32.3 Å². The molecule has 4 rings (SSSR count). The van der Waals surface area contributed by atoms with Crippen LogP contribution in [0.5, 0.6) is 0 Å². The topological polar surface area (TPSA) is 96.4 Å². The van der Waals surface area contributed by atoms with Gasteiger partial charge in [0.2, 0.25) is 0 Å². The van der Waals surface area contributed by atoms with E-state index in [9.17, 15) is 4.21 Å². The Morgan fingerprint density at radius 2 is 2.19 bits per heavy atom. The first-order valence-corrected chi connectivity index (χ1v) is 11.1. The molecule has 8 nitrogen and oxygen atoms in total. The van der Waals surface area contributed by atoms with Crippen LogP contribution in [0.1, 0.15) is 6.92 Å². The summed E-state index contributed by atoms with van der Waals surface area (Å²) in [4.78, 5) is 19.0. The molecule has 0 unspecified atom stereocenters. The van der Waals surface area contributed by atoms with Crippen LogP contribution in [0.15, 0.2) is 35.1 Å². The van der Waals surface area contributed by atoms with E-state index in [2.05, 4.69) is 31.1 Å². The first-order chi connectivity index (χ1) is 12.9. The number of nitrogens with one attached hydrogen (secondary N) is 1. The van der Waals surface area contributed by atoms with Gasteiger partial charge in [-0.3, -0.25) is 4.98 Å². The van der Waals surface area contributed by atoms with Crippen LogP contribution in [0.2, 0.25) is 0 Å². The van der Waals surface area contributed by atoms with Gasteiger partial charge in [0.25, 0.3) is 0 Å². The molecule has 1 atom stereocenters. The van der Waals surface area contributed by atoms with E-state index < -0.39 is 9.73 Å². The Hall–Kier alpha value is -2.52. The highest BCUT2D eigenvalue weighted by molar-refractivity contribution is 7.92. The number of fused-ring (bicyclic) bond motifs is 1. The van der Waals surface area contributed by atoms with Gasteiger partial charge in [0.05, 0.1) is 31.0 Å². The molecule has 0 spiro atoms. The van der Waals surface area contributed by atoms with Crippen molar-refractivity contribution in [2.45, 2.75) is 13.0 Å². The molecule has 3 aromatic rings. The van der Waals surface area contributed by atoms with E-state index in [1.165, 1.54) is 0 Å². The highest BCUT2D eigenvalue weighted by atomic mass is 32.2. The van der Waals surface area contributed by atoms with Crippen LogP contribution in [-0.2, 0) is 14.5 Å². The Balaban J connectivity index is 1.91. The number of H-pyrrole nitrogens is 1. The predicted molar refractivity (Wildman–Crippen MR) is 107 cm³/mol. The zero-order valence-electron chi connectivity index (χ0n) is 15.5. The van der Waals surface area contributed by atoms with Gasteiger partial charge in [-0.25, -0.2) is 14.2 Å². The molecule has 1 aliphatic heterocycles. The summed E-state index contributed by atoms with van der Waals surface area (Å²) in [6.45, 7) is 4.11. The van der Waals surface area contributed by atoms with Gasteiger partial charge in [-0.2, -0.15) is 4.36 Å².